The van der Waals surface area contributed by atoms with Crippen molar-refractivity contribution in [2.75, 3.05) is 35.8 Å². The summed E-state index contributed by atoms with van der Waals surface area (Å²) in [6.07, 6.45) is 11.2. The molecule has 0 N–H and O–H groups in total. The molecule has 3 heterocycles. The van der Waals surface area contributed by atoms with Gasteiger partial charge in [-0.2, -0.15) is 4.57 Å². The SMILES string of the molecule is CN(C)c1cc[n+](CCCN2/C(=C/c3cc[n+](CCCBr)c4ccccc34)Sc3ccccc32)cc1. The van der Waals surface area contributed by atoms with E-state index < -0.39 is 0 Å². The van der Waals surface area contributed by atoms with Crippen LogP contribution in [-0.4, -0.2) is 26.0 Å². The zero-order chi connectivity index (χ0) is 24.9. The van der Waals surface area contributed by atoms with Gasteiger partial charge < -0.3 is 9.80 Å². The van der Waals surface area contributed by atoms with Gasteiger partial charge in [-0.15, -0.1) is 0 Å². The summed E-state index contributed by atoms with van der Waals surface area (Å²) in [6, 6.07) is 24.2. The van der Waals surface area contributed by atoms with Crippen LogP contribution in [0.15, 0.2) is 95.2 Å². The standard InChI is InChI=1S/C30H33BrN4S/c1-32(2)25-14-20-33(21-15-25)17-8-19-35-28-11-5-6-12-29(28)36-30(35)23-24-13-22-34(18-7-16-31)27-10-4-3-9-26(24)27/h3-6,9-15,20-23H,7-8,16-19H2,1-2H3/q+2. The smallest absolute Gasteiger partial charge is 0.213 e. The molecular weight excluding hydrogens is 528 g/mol. The van der Waals surface area contributed by atoms with E-state index in [1.165, 1.54) is 37.8 Å². The average Bonchev–Trinajstić information content (AvgIpc) is 3.25. The summed E-state index contributed by atoms with van der Waals surface area (Å²) < 4.78 is 4.65. The summed E-state index contributed by atoms with van der Waals surface area (Å²) in [5, 5.41) is 3.62. The topological polar surface area (TPSA) is 14.2 Å². The maximum atomic E-state index is 3.57. The molecule has 2 aromatic heterocycles. The maximum Gasteiger partial charge on any atom is 0.213 e. The highest BCUT2D eigenvalue weighted by Gasteiger charge is 2.25. The summed E-state index contributed by atoms with van der Waals surface area (Å²) in [4.78, 5) is 5.96. The van der Waals surface area contributed by atoms with E-state index in [0.29, 0.717) is 0 Å². The molecule has 0 aliphatic carbocycles. The summed E-state index contributed by atoms with van der Waals surface area (Å²) in [5.41, 5.74) is 5.10. The predicted molar refractivity (Wildman–Crippen MR) is 156 cm³/mol. The first-order chi connectivity index (χ1) is 17.6. The first kappa shape index (κ1) is 24.8. The number of para-hydroxylation sites is 2. The fourth-order valence-corrected chi connectivity index (χ4v) is 6.08. The molecule has 0 saturated carbocycles. The minimum atomic E-state index is 0.980. The second kappa shape index (κ2) is 11.5. The Morgan fingerprint density at radius 3 is 2.47 bits per heavy atom. The van der Waals surface area contributed by atoms with Crippen LogP contribution in [0.2, 0.25) is 0 Å². The molecule has 2 aromatic carbocycles. The molecule has 0 bridgehead atoms. The minimum absolute atomic E-state index is 0.980. The maximum absolute atomic E-state index is 3.57. The van der Waals surface area contributed by atoms with Gasteiger partial charge in [-0.05, 0) is 29.8 Å². The van der Waals surface area contributed by atoms with Crippen LogP contribution < -0.4 is 18.9 Å². The van der Waals surface area contributed by atoms with Crippen molar-refractivity contribution in [2.24, 2.45) is 0 Å². The molecule has 6 heteroatoms. The van der Waals surface area contributed by atoms with Gasteiger partial charge in [0.05, 0.1) is 16.1 Å². The number of pyridine rings is 2. The van der Waals surface area contributed by atoms with Crippen LogP contribution in [0.4, 0.5) is 11.4 Å². The normalized spacial score (nSPS) is 14.0. The number of aromatic nitrogens is 2. The number of benzene rings is 2. The summed E-state index contributed by atoms with van der Waals surface area (Å²) in [7, 11) is 4.16. The number of halogens is 1. The van der Waals surface area contributed by atoms with Crippen LogP contribution in [0.1, 0.15) is 18.4 Å². The van der Waals surface area contributed by atoms with Crippen LogP contribution in [0.5, 0.6) is 0 Å². The van der Waals surface area contributed by atoms with Gasteiger partial charge in [0.15, 0.2) is 18.6 Å². The third-order valence-electron chi connectivity index (χ3n) is 6.59. The zero-order valence-corrected chi connectivity index (χ0v) is 23.4. The van der Waals surface area contributed by atoms with Crippen molar-refractivity contribution in [3.63, 3.8) is 0 Å². The number of hydrogen-bond acceptors (Lipinski definition) is 3. The largest absolute Gasteiger partial charge is 0.377 e. The molecule has 4 nitrogen and oxygen atoms in total. The molecule has 0 amide bonds. The van der Waals surface area contributed by atoms with Crippen LogP contribution in [0.25, 0.3) is 17.0 Å². The highest BCUT2D eigenvalue weighted by Crippen LogP contribution is 2.46. The molecule has 0 saturated heterocycles. The Kier molecular flexibility index (Phi) is 7.93. The van der Waals surface area contributed by atoms with E-state index in [2.05, 4.69) is 140 Å². The number of rotatable bonds is 9. The van der Waals surface area contributed by atoms with E-state index in [-0.39, 0.29) is 0 Å². The van der Waals surface area contributed by atoms with Crippen molar-refractivity contribution < 1.29 is 9.13 Å². The quantitative estimate of drug-likeness (QED) is 0.177. The lowest BCUT2D eigenvalue weighted by molar-refractivity contribution is -0.697. The summed E-state index contributed by atoms with van der Waals surface area (Å²) in [6.45, 7) is 2.99. The Morgan fingerprint density at radius 2 is 1.67 bits per heavy atom. The summed E-state index contributed by atoms with van der Waals surface area (Å²) in [5.74, 6) is 0. The molecule has 4 aromatic rings. The predicted octanol–water partition coefficient (Wildman–Crippen LogP) is 6.27. The van der Waals surface area contributed by atoms with Crippen molar-refractivity contribution >= 4 is 56.0 Å². The Hall–Kier alpha value is -2.83. The highest BCUT2D eigenvalue weighted by molar-refractivity contribution is 9.09. The summed E-state index contributed by atoms with van der Waals surface area (Å²) >= 11 is 5.45. The Labute approximate surface area is 227 Å². The van der Waals surface area contributed by atoms with Crippen molar-refractivity contribution in [2.45, 2.75) is 30.8 Å². The minimum Gasteiger partial charge on any atom is -0.377 e. The number of aryl methyl sites for hydroxylation is 2. The second-order valence-corrected chi connectivity index (χ2v) is 11.1. The highest BCUT2D eigenvalue weighted by atomic mass is 79.9. The number of thioether (sulfide) groups is 1. The van der Waals surface area contributed by atoms with Crippen molar-refractivity contribution in [1.82, 2.24) is 0 Å². The van der Waals surface area contributed by atoms with Crippen LogP contribution in [0.3, 0.4) is 0 Å². The molecule has 36 heavy (non-hydrogen) atoms. The molecule has 0 unspecified atom stereocenters. The lowest BCUT2D eigenvalue weighted by atomic mass is 10.1. The van der Waals surface area contributed by atoms with Crippen LogP contribution in [0, 0.1) is 0 Å². The molecule has 184 valence electrons. The second-order valence-electron chi connectivity index (χ2n) is 9.27. The average molecular weight is 562 g/mol. The molecule has 0 radical (unpaired) electrons. The van der Waals surface area contributed by atoms with Crippen LogP contribution in [-0.2, 0) is 13.1 Å². The van der Waals surface area contributed by atoms with Crippen LogP contribution >= 0.6 is 27.7 Å². The van der Waals surface area contributed by atoms with Gasteiger partial charge in [-0.1, -0.05) is 52.0 Å². The van der Waals surface area contributed by atoms with E-state index in [9.17, 15) is 0 Å². The molecule has 0 spiro atoms. The first-order valence-corrected chi connectivity index (χ1v) is 14.5. The Bertz CT molecular complexity index is 1370. The Balaban J connectivity index is 1.40. The van der Waals surface area contributed by atoms with Crippen molar-refractivity contribution in [3.05, 3.63) is 95.9 Å². The molecule has 0 atom stereocenters. The van der Waals surface area contributed by atoms with Gasteiger partial charge >= 0.3 is 0 Å². The van der Waals surface area contributed by atoms with Gasteiger partial charge in [0.25, 0.3) is 0 Å². The van der Waals surface area contributed by atoms with Gasteiger partial charge in [-0.3, -0.25) is 0 Å². The molecule has 1 aliphatic heterocycles. The molecule has 5 rings (SSSR count). The molecule has 1 aliphatic rings. The molecular formula is C30H33BrN4S+2. The van der Waals surface area contributed by atoms with Crippen molar-refractivity contribution in [1.29, 1.82) is 0 Å². The van der Waals surface area contributed by atoms with E-state index in [0.717, 1.165) is 37.8 Å². The van der Waals surface area contributed by atoms with Gasteiger partial charge in [0.2, 0.25) is 5.52 Å². The molecule has 0 fully saturated rings. The fourth-order valence-electron chi connectivity index (χ4n) is 4.69. The van der Waals surface area contributed by atoms with E-state index >= 15 is 0 Å². The van der Waals surface area contributed by atoms with Gasteiger partial charge in [0.1, 0.15) is 13.1 Å². The van der Waals surface area contributed by atoms with Crippen molar-refractivity contribution in [3.8, 4) is 0 Å². The number of anilines is 2. The fraction of sp³-hybridized carbons (Fsp3) is 0.267. The number of alkyl halides is 1. The monoisotopic (exact) mass is 560 g/mol. The zero-order valence-electron chi connectivity index (χ0n) is 21.0. The third-order valence-corrected chi connectivity index (χ3v) is 8.27. The van der Waals surface area contributed by atoms with E-state index in [4.69, 9.17) is 0 Å². The lowest BCUT2D eigenvalue weighted by Gasteiger charge is -2.20. The number of fused-ring (bicyclic) bond motifs is 2. The van der Waals surface area contributed by atoms with Gasteiger partial charge in [0, 0.05) is 73.7 Å². The Morgan fingerprint density at radius 1 is 0.889 bits per heavy atom. The van der Waals surface area contributed by atoms with Gasteiger partial charge in [-0.25, -0.2) is 4.57 Å². The first-order valence-electron chi connectivity index (χ1n) is 12.5. The third kappa shape index (κ3) is 5.45. The number of hydrogen-bond donors (Lipinski definition) is 0. The van der Waals surface area contributed by atoms with E-state index in [1.807, 2.05) is 11.8 Å². The lowest BCUT2D eigenvalue weighted by Crippen LogP contribution is -2.35. The van der Waals surface area contributed by atoms with E-state index in [1.54, 1.807) is 0 Å². The number of nitrogens with zero attached hydrogens (tertiary/aromatic N) is 4.